The molecule has 0 amide bonds. The van der Waals surface area contributed by atoms with E-state index in [0.717, 1.165) is 18.7 Å². The quantitative estimate of drug-likeness (QED) is 0.195. The average molecular weight is 619 g/mol. The third-order valence-electron chi connectivity index (χ3n) is 10.2. The molecule has 222 valence electrons. The Morgan fingerprint density at radius 3 is 2.23 bits per heavy atom. The molecule has 47 heavy (non-hydrogen) atoms. The third-order valence-corrected chi connectivity index (χ3v) is 11.3. The highest BCUT2D eigenvalue weighted by atomic mass is 32.1. The molecule has 3 heterocycles. The van der Waals surface area contributed by atoms with E-state index >= 15 is 0 Å². The van der Waals surface area contributed by atoms with Crippen molar-refractivity contribution in [3.63, 3.8) is 0 Å². The Bertz CT molecular complexity index is 2770. The molecule has 2 nitrogen and oxygen atoms in total. The number of hydrogen-bond acceptors (Lipinski definition) is 2. The molecule has 0 unspecified atom stereocenters. The fourth-order valence-electron chi connectivity index (χ4n) is 7.99. The molecule has 0 bridgehead atoms. The Labute approximate surface area is 278 Å². The topological polar surface area (TPSA) is 17.0 Å². The summed E-state index contributed by atoms with van der Waals surface area (Å²) in [5.74, 6) is 0. The summed E-state index contributed by atoms with van der Waals surface area (Å²) in [5.41, 5.74) is 15.4. The molecule has 10 rings (SSSR count). The molecule has 1 aliphatic rings. The van der Waals surface area contributed by atoms with Crippen LogP contribution in [0.4, 0.5) is 11.4 Å². The van der Waals surface area contributed by atoms with E-state index in [-0.39, 0.29) is 0 Å². The van der Waals surface area contributed by atoms with Gasteiger partial charge in [-0.1, -0.05) is 89.4 Å². The van der Waals surface area contributed by atoms with Crippen LogP contribution < -0.4 is 16.2 Å². The van der Waals surface area contributed by atoms with Gasteiger partial charge in [0.2, 0.25) is 0 Å². The molecule has 9 aromatic rings. The van der Waals surface area contributed by atoms with Crippen LogP contribution in [0.3, 0.4) is 0 Å². The van der Waals surface area contributed by atoms with E-state index in [0.29, 0.717) is 0 Å². The highest BCUT2D eigenvalue weighted by molar-refractivity contribution is 7.25. The molecule has 0 aliphatic carbocycles. The van der Waals surface area contributed by atoms with Gasteiger partial charge >= 0.3 is 0 Å². The lowest BCUT2D eigenvalue weighted by Gasteiger charge is -2.25. The molecule has 4 heteroatoms. The zero-order valence-electron chi connectivity index (χ0n) is 26.6. The van der Waals surface area contributed by atoms with Crippen LogP contribution in [-0.2, 0) is 0 Å². The van der Waals surface area contributed by atoms with Gasteiger partial charge in [0.1, 0.15) is 0 Å². The zero-order valence-corrected chi connectivity index (χ0v) is 27.4. The van der Waals surface area contributed by atoms with Gasteiger partial charge in [0.05, 0.1) is 5.52 Å². The van der Waals surface area contributed by atoms with Crippen molar-refractivity contribution < 1.29 is 0 Å². The van der Waals surface area contributed by atoms with Crippen molar-refractivity contribution in [1.29, 1.82) is 0 Å². The summed E-state index contributed by atoms with van der Waals surface area (Å²) in [5, 5.41) is 11.8. The number of rotatable bonds is 3. The van der Waals surface area contributed by atoms with Crippen LogP contribution in [0.2, 0.25) is 0 Å². The fraction of sp³-hybridized carbons (Fsp3) is 0.0698. The standard InChI is InChI=1S/C43H31BN2S/c1-24-12-15-29(16-13-24)45-36-23-40-32(30-10-6-7-11-39(30)47-40)22-31(36)33-19-26(3)41-34-20-27-8-4-5-9-28(27)21-38(34)46-37-17-14-25(2)18-35(37)44-42(33)43(41)46/h4-23,44-45H,1-3H3. The Kier molecular flexibility index (Phi) is 5.62. The summed E-state index contributed by atoms with van der Waals surface area (Å²) in [6.07, 6.45) is 0. The molecule has 0 spiro atoms. The van der Waals surface area contributed by atoms with Crippen LogP contribution in [0, 0.1) is 20.8 Å². The van der Waals surface area contributed by atoms with Crippen molar-refractivity contribution in [1.82, 2.24) is 4.57 Å². The van der Waals surface area contributed by atoms with Crippen LogP contribution in [0.1, 0.15) is 16.7 Å². The second-order valence-corrected chi connectivity index (χ2v) is 14.4. The molecule has 0 saturated carbocycles. The van der Waals surface area contributed by atoms with E-state index < -0.39 is 0 Å². The van der Waals surface area contributed by atoms with Gasteiger partial charge in [0.25, 0.3) is 0 Å². The smallest absolute Gasteiger partial charge is 0.198 e. The van der Waals surface area contributed by atoms with Crippen molar-refractivity contribution in [3.05, 3.63) is 138 Å². The predicted molar refractivity (Wildman–Crippen MR) is 207 cm³/mol. The summed E-state index contributed by atoms with van der Waals surface area (Å²) in [4.78, 5) is 0. The maximum Gasteiger partial charge on any atom is 0.198 e. The van der Waals surface area contributed by atoms with E-state index in [9.17, 15) is 0 Å². The Morgan fingerprint density at radius 1 is 0.617 bits per heavy atom. The summed E-state index contributed by atoms with van der Waals surface area (Å²) < 4.78 is 5.19. The normalized spacial score (nSPS) is 12.3. The Morgan fingerprint density at radius 2 is 1.38 bits per heavy atom. The van der Waals surface area contributed by atoms with Crippen molar-refractivity contribution in [3.8, 4) is 16.8 Å². The van der Waals surface area contributed by atoms with Gasteiger partial charge < -0.3 is 9.88 Å². The Balaban J connectivity index is 1.33. The van der Waals surface area contributed by atoms with Crippen LogP contribution in [0.25, 0.3) is 69.6 Å². The van der Waals surface area contributed by atoms with E-state index in [1.165, 1.54) is 97.2 Å². The monoisotopic (exact) mass is 618 g/mol. The predicted octanol–water partition coefficient (Wildman–Crippen LogP) is 10.3. The minimum atomic E-state index is 0.894. The van der Waals surface area contributed by atoms with Gasteiger partial charge in [-0.3, -0.25) is 0 Å². The number of nitrogens with zero attached hydrogens (tertiary/aromatic N) is 1. The molecule has 0 saturated heterocycles. The number of fused-ring (bicyclic) bond motifs is 9. The molecular formula is C43H31BN2S. The van der Waals surface area contributed by atoms with Crippen molar-refractivity contribution in [2.24, 2.45) is 0 Å². The van der Waals surface area contributed by atoms with Gasteiger partial charge in [-0.25, -0.2) is 0 Å². The molecule has 1 N–H and O–H groups in total. The van der Waals surface area contributed by atoms with Gasteiger partial charge in [0, 0.05) is 59.1 Å². The van der Waals surface area contributed by atoms with Crippen LogP contribution in [0.5, 0.6) is 0 Å². The first-order valence-electron chi connectivity index (χ1n) is 16.4. The number of aryl methyl sites for hydroxylation is 3. The average Bonchev–Trinajstić information content (AvgIpc) is 3.61. The molecular weight excluding hydrogens is 587 g/mol. The highest BCUT2D eigenvalue weighted by Gasteiger charge is 2.28. The van der Waals surface area contributed by atoms with E-state index in [2.05, 4.69) is 152 Å². The molecule has 7 aromatic carbocycles. The largest absolute Gasteiger partial charge is 0.355 e. The molecule has 0 radical (unpaired) electrons. The van der Waals surface area contributed by atoms with Crippen molar-refractivity contribution in [2.45, 2.75) is 20.8 Å². The van der Waals surface area contributed by atoms with Crippen LogP contribution in [-0.4, -0.2) is 11.8 Å². The summed E-state index contributed by atoms with van der Waals surface area (Å²) >= 11 is 1.87. The number of aromatic nitrogens is 1. The first-order valence-corrected chi connectivity index (χ1v) is 17.2. The zero-order chi connectivity index (χ0) is 31.4. The second-order valence-electron chi connectivity index (χ2n) is 13.3. The first-order chi connectivity index (χ1) is 23.0. The number of benzene rings is 7. The number of thiophene rings is 1. The lowest BCUT2D eigenvalue weighted by Crippen LogP contribution is -2.37. The van der Waals surface area contributed by atoms with E-state index in [1.54, 1.807) is 0 Å². The number of nitrogens with one attached hydrogen (secondary N) is 1. The van der Waals surface area contributed by atoms with Crippen molar-refractivity contribution in [2.75, 3.05) is 5.32 Å². The SMILES string of the molecule is Cc1ccc(Nc2cc3sc4ccccc4c3cc2-c2cc(C)c3c4cc5ccccc5cc4n4c3c2Bc2cc(C)ccc2-4)cc1. The molecule has 0 fully saturated rings. The number of hydrogen-bond donors (Lipinski definition) is 1. The van der Waals surface area contributed by atoms with Gasteiger partial charge in [-0.15, -0.1) is 11.3 Å². The minimum absolute atomic E-state index is 0.894. The van der Waals surface area contributed by atoms with Crippen molar-refractivity contribution >= 4 is 93.7 Å². The van der Waals surface area contributed by atoms with Gasteiger partial charge in [0.15, 0.2) is 7.28 Å². The maximum atomic E-state index is 3.86. The molecule has 0 atom stereocenters. The van der Waals surface area contributed by atoms with Gasteiger partial charge in [-0.2, -0.15) is 0 Å². The summed E-state index contributed by atoms with van der Waals surface area (Å²) in [7, 11) is 0.894. The van der Waals surface area contributed by atoms with Crippen LogP contribution >= 0.6 is 11.3 Å². The second kappa shape index (κ2) is 9.84. The number of anilines is 2. The van der Waals surface area contributed by atoms with Crippen LogP contribution in [0.15, 0.2) is 121 Å². The summed E-state index contributed by atoms with van der Waals surface area (Å²) in [6, 6.07) is 45.4. The lowest BCUT2D eigenvalue weighted by molar-refractivity contribution is 1.19. The highest BCUT2D eigenvalue weighted by Crippen LogP contribution is 2.44. The van der Waals surface area contributed by atoms with E-state index in [4.69, 9.17) is 0 Å². The maximum absolute atomic E-state index is 3.86. The minimum Gasteiger partial charge on any atom is -0.355 e. The Hall–Kier alpha value is -5.32. The molecule has 2 aromatic heterocycles. The van der Waals surface area contributed by atoms with Gasteiger partial charge in [-0.05, 0) is 96.7 Å². The fourth-order valence-corrected chi connectivity index (χ4v) is 9.11. The van der Waals surface area contributed by atoms with E-state index in [1.807, 2.05) is 11.3 Å². The first kappa shape index (κ1) is 26.9. The summed E-state index contributed by atoms with van der Waals surface area (Å²) in [6.45, 7) is 6.66. The lowest BCUT2D eigenvalue weighted by atomic mass is 9.58. The molecule has 1 aliphatic heterocycles. The third kappa shape index (κ3) is 3.98.